The Bertz CT molecular complexity index is 537. The zero-order chi connectivity index (χ0) is 12.4. The fraction of sp³-hybridized carbons (Fsp3) is 0.250. The molecule has 2 N–H and O–H groups in total. The van der Waals surface area contributed by atoms with Crippen LogP contribution >= 0.6 is 0 Å². The first-order valence-corrected chi connectivity index (χ1v) is 5.23. The molecule has 0 aliphatic rings. The smallest absolute Gasteiger partial charge is 0.196 e. The Balaban J connectivity index is 2.48. The van der Waals surface area contributed by atoms with Crippen LogP contribution in [0.25, 0.3) is 11.3 Å². The molecular formula is C12H12F2N2O. The summed E-state index contributed by atoms with van der Waals surface area (Å²) in [5, 5.41) is 0. The molecule has 5 heteroatoms. The van der Waals surface area contributed by atoms with Crippen LogP contribution in [-0.2, 0) is 6.42 Å². The van der Waals surface area contributed by atoms with Gasteiger partial charge < -0.3 is 10.2 Å². The molecule has 0 spiro atoms. The molecule has 0 aliphatic heterocycles. The number of nitrogens with zero attached hydrogens (tertiary/aromatic N) is 1. The highest BCUT2D eigenvalue weighted by Gasteiger charge is 2.15. The Morgan fingerprint density at radius 3 is 2.82 bits per heavy atom. The maximum atomic E-state index is 13.6. The molecule has 0 aliphatic carbocycles. The predicted molar refractivity (Wildman–Crippen MR) is 59.4 cm³/mol. The van der Waals surface area contributed by atoms with Crippen LogP contribution in [0.5, 0.6) is 0 Å². The van der Waals surface area contributed by atoms with E-state index < -0.39 is 11.6 Å². The van der Waals surface area contributed by atoms with Crippen LogP contribution in [0, 0.1) is 18.6 Å². The van der Waals surface area contributed by atoms with Crippen molar-refractivity contribution in [2.75, 3.05) is 6.54 Å². The van der Waals surface area contributed by atoms with Crippen LogP contribution in [0.2, 0.25) is 0 Å². The number of aromatic nitrogens is 1. The monoisotopic (exact) mass is 238 g/mol. The highest BCUT2D eigenvalue weighted by Crippen LogP contribution is 2.26. The number of benzene rings is 1. The van der Waals surface area contributed by atoms with Crippen molar-refractivity contribution in [3.8, 4) is 11.3 Å². The lowest BCUT2D eigenvalue weighted by Gasteiger charge is -1.99. The Morgan fingerprint density at radius 2 is 2.12 bits per heavy atom. The largest absolute Gasteiger partial charge is 0.445 e. The van der Waals surface area contributed by atoms with Crippen molar-refractivity contribution in [2.24, 2.45) is 5.73 Å². The van der Waals surface area contributed by atoms with E-state index in [1.807, 2.05) is 0 Å². The van der Waals surface area contributed by atoms with Crippen molar-refractivity contribution < 1.29 is 13.2 Å². The van der Waals surface area contributed by atoms with Crippen molar-refractivity contribution in [3.05, 3.63) is 41.5 Å². The lowest BCUT2D eigenvalue weighted by molar-refractivity contribution is 0.473. The van der Waals surface area contributed by atoms with Crippen LogP contribution in [0.3, 0.4) is 0 Å². The summed E-state index contributed by atoms with van der Waals surface area (Å²) in [6, 6.07) is 3.24. The number of nitrogens with two attached hydrogens (primary N) is 1. The molecular weight excluding hydrogens is 226 g/mol. The number of rotatable bonds is 3. The van der Waals surface area contributed by atoms with Crippen molar-refractivity contribution in [2.45, 2.75) is 13.3 Å². The summed E-state index contributed by atoms with van der Waals surface area (Å²) in [7, 11) is 0. The van der Waals surface area contributed by atoms with Crippen LogP contribution in [0.1, 0.15) is 11.7 Å². The van der Waals surface area contributed by atoms with Gasteiger partial charge in [0.25, 0.3) is 0 Å². The molecule has 3 nitrogen and oxygen atoms in total. The fourth-order valence-electron chi connectivity index (χ4n) is 1.61. The van der Waals surface area contributed by atoms with Gasteiger partial charge >= 0.3 is 0 Å². The molecule has 0 radical (unpaired) electrons. The molecule has 1 aromatic carbocycles. The zero-order valence-electron chi connectivity index (χ0n) is 9.34. The Hall–Kier alpha value is -1.75. The third-order valence-electron chi connectivity index (χ3n) is 2.38. The summed E-state index contributed by atoms with van der Waals surface area (Å²) in [4.78, 5) is 4.12. The molecule has 0 atom stereocenters. The average molecular weight is 238 g/mol. The van der Waals surface area contributed by atoms with Crippen LogP contribution in [0.15, 0.2) is 22.6 Å². The molecule has 0 bridgehead atoms. The number of halogens is 2. The minimum atomic E-state index is -0.526. The van der Waals surface area contributed by atoms with Gasteiger partial charge in [-0.1, -0.05) is 0 Å². The second-order valence-corrected chi connectivity index (χ2v) is 3.68. The predicted octanol–water partition coefficient (Wildman–Crippen LogP) is 2.43. The lowest BCUT2D eigenvalue weighted by Crippen LogP contribution is -2.02. The Labute approximate surface area is 97.3 Å². The van der Waals surface area contributed by atoms with Gasteiger partial charge in [0.05, 0.1) is 0 Å². The topological polar surface area (TPSA) is 52.0 Å². The standard InChI is InChI=1S/C12H12F2N2O/c1-7-12(16-11(17-7)4-5-15)9-6-8(13)2-3-10(9)14/h2-3,6H,4-5,15H2,1H3. The van der Waals surface area contributed by atoms with E-state index in [2.05, 4.69) is 4.98 Å². The van der Waals surface area contributed by atoms with Crippen LogP contribution < -0.4 is 5.73 Å². The van der Waals surface area contributed by atoms with Crippen LogP contribution in [-0.4, -0.2) is 11.5 Å². The van der Waals surface area contributed by atoms with Gasteiger partial charge in [-0.25, -0.2) is 13.8 Å². The highest BCUT2D eigenvalue weighted by molar-refractivity contribution is 5.61. The first kappa shape index (κ1) is 11.7. The normalized spacial score (nSPS) is 10.8. The molecule has 90 valence electrons. The van der Waals surface area contributed by atoms with Gasteiger partial charge in [-0.2, -0.15) is 0 Å². The first-order chi connectivity index (χ1) is 8.11. The number of aryl methyl sites for hydroxylation is 1. The Kier molecular flexibility index (Phi) is 3.19. The molecule has 2 aromatic rings. The summed E-state index contributed by atoms with van der Waals surface area (Å²) in [5.74, 6) is -0.145. The van der Waals surface area contributed by atoms with E-state index in [0.29, 0.717) is 30.3 Å². The minimum absolute atomic E-state index is 0.106. The van der Waals surface area contributed by atoms with E-state index in [-0.39, 0.29) is 5.56 Å². The molecule has 17 heavy (non-hydrogen) atoms. The van der Waals surface area contributed by atoms with Crippen molar-refractivity contribution in [3.63, 3.8) is 0 Å². The number of oxazole rings is 1. The highest BCUT2D eigenvalue weighted by atomic mass is 19.1. The van der Waals surface area contributed by atoms with E-state index in [1.54, 1.807) is 6.92 Å². The van der Waals surface area contributed by atoms with Crippen molar-refractivity contribution >= 4 is 0 Å². The van der Waals surface area contributed by atoms with Gasteiger partial charge in [-0.05, 0) is 25.1 Å². The first-order valence-electron chi connectivity index (χ1n) is 5.23. The quantitative estimate of drug-likeness (QED) is 0.893. The van der Waals surface area contributed by atoms with Gasteiger partial charge in [0.15, 0.2) is 5.89 Å². The third kappa shape index (κ3) is 2.34. The van der Waals surface area contributed by atoms with Gasteiger partial charge in [0.2, 0.25) is 0 Å². The third-order valence-corrected chi connectivity index (χ3v) is 2.38. The summed E-state index contributed by atoms with van der Waals surface area (Å²) in [5.41, 5.74) is 5.81. The van der Waals surface area contributed by atoms with E-state index in [9.17, 15) is 8.78 Å². The van der Waals surface area contributed by atoms with E-state index >= 15 is 0 Å². The van der Waals surface area contributed by atoms with E-state index in [1.165, 1.54) is 0 Å². The van der Waals surface area contributed by atoms with Crippen molar-refractivity contribution in [1.82, 2.24) is 4.98 Å². The van der Waals surface area contributed by atoms with Gasteiger partial charge in [0.1, 0.15) is 23.1 Å². The van der Waals surface area contributed by atoms with E-state index in [0.717, 1.165) is 18.2 Å². The second-order valence-electron chi connectivity index (χ2n) is 3.68. The van der Waals surface area contributed by atoms with E-state index in [4.69, 9.17) is 10.2 Å². The molecule has 0 saturated carbocycles. The molecule has 0 saturated heterocycles. The second kappa shape index (κ2) is 4.63. The lowest BCUT2D eigenvalue weighted by atomic mass is 10.1. The average Bonchev–Trinajstić information content (AvgIpc) is 2.64. The van der Waals surface area contributed by atoms with Gasteiger partial charge in [-0.15, -0.1) is 0 Å². The zero-order valence-corrected chi connectivity index (χ0v) is 9.34. The van der Waals surface area contributed by atoms with Crippen LogP contribution in [0.4, 0.5) is 8.78 Å². The minimum Gasteiger partial charge on any atom is -0.445 e. The number of hydrogen-bond donors (Lipinski definition) is 1. The molecule has 1 aromatic heterocycles. The summed E-state index contributed by atoms with van der Waals surface area (Å²) < 4.78 is 32.0. The fourth-order valence-corrected chi connectivity index (χ4v) is 1.61. The SMILES string of the molecule is Cc1oc(CCN)nc1-c1cc(F)ccc1F. The van der Waals surface area contributed by atoms with Crippen molar-refractivity contribution in [1.29, 1.82) is 0 Å². The molecule has 0 unspecified atom stereocenters. The molecule has 1 heterocycles. The Morgan fingerprint density at radius 1 is 1.35 bits per heavy atom. The molecule has 2 rings (SSSR count). The molecule has 0 fully saturated rings. The maximum Gasteiger partial charge on any atom is 0.196 e. The maximum absolute atomic E-state index is 13.6. The number of hydrogen-bond acceptors (Lipinski definition) is 3. The van der Waals surface area contributed by atoms with Gasteiger partial charge in [-0.3, -0.25) is 0 Å². The van der Waals surface area contributed by atoms with Gasteiger partial charge in [0, 0.05) is 18.5 Å². The molecule has 0 amide bonds. The summed E-state index contributed by atoms with van der Waals surface area (Å²) in [6.07, 6.45) is 0.470. The summed E-state index contributed by atoms with van der Waals surface area (Å²) >= 11 is 0. The summed E-state index contributed by atoms with van der Waals surface area (Å²) in [6.45, 7) is 2.05.